The predicted molar refractivity (Wildman–Crippen MR) is 77.8 cm³/mol. The standard InChI is InChI=1S/C14H19ClN2O3/c1-17(10-13(18)16-7-8-20-2)14(19)12-5-3-11(9-15)4-6-12/h3-6H,7-10H2,1-2H3,(H,16,18). The fourth-order valence-corrected chi connectivity index (χ4v) is 1.77. The molecule has 0 saturated carbocycles. The third kappa shape index (κ3) is 5.19. The molecule has 20 heavy (non-hydrogen) atoms. The van der Waals surface area contributed by atoms with E-state index >= 15 is 0 Å². The van der Waals surface area contributed by atoms with Gasteiger partial charge in [-0.25, -0.2) is 0 Å². The molecule has 0 atom stereocenters. The highest BCUT2D eigenvalue weighted by Gasteiger charge is 2.14. The lowest BCUT2D eigenvalue weighted by Gasteiger charge is -2.17. The Morgan fingerprint density at radius 2 is 1.95 bits per heavy atom. The second kappa shape index (κ2) is 8.55. The SMILES string of the molecule is COCCNC(=O)CN(C)C(=O)c1ccc(CCl)cc1. The van der Waals surface area contributed by atoms with Crippen molar-refractivity contribution in [2.24, 2.45) is 0 Å². The molecule has 0 aliphatic rings. The number of nitrogens with zero attached hydrogens (tertiary/aromatic N) is 1. The van der Waals surface area contributed by atoms with E-state index in [1.165, 1.54) is 4.90 Å². The number of methoxy groups -OCH3 is 1. The monoisotopic (exact) mass is 298 g/mol. The number of amides is 2. The lowest BCUT2D eigenvalue weighted by Crippen LogP contribution is -2.39. The van der Waals surface area contributed by atoms with Gasteiger partial charge in [0.15, 0.2) is 0 Å². The van der Waals surface area contributed by atoms with Gasteiger partial charge in [0.25, 0.3) is 5.91 Å². The molecule has 5 nitrogen and oxygen atoms in total. The predicted octanol–water partition coefficient (Wildman–Crippen LogP) is 1.26. The summed E-state index contributed by atoms with van der Waals surface area (Å²) in [6.45, 7) is 0.894. The lowest BCUT2D eigenvalue weighted by atomic mass is 10.1. The molecule has 1 aromatic rings. The number of ether oxygens (including phenoxy) is 1. The Kier molecular flexibility index (Phi) is 7.04. The van der Waals surface area contributed by atoms with Gasteiger partial charge in [-0.15, -0.1) is 11.6 Å². The first-order chi connectivity index (χ1) is 9.58. The third-order valence-electron chi connectivity index (χ3n) is 2.71. The lowest BCUT2D eigenvalue weighted by molar-refractivity contribution is -0.121. The van der Waals surface area contributed by atoms with E-state index < -0.39 is 0 Å². The van der Waals surface area contributed by atoms with Crippen LogP contribution in [-0.4, -0.2) is 50.6 Å². The van der Waals surface area contributed by atoms with E-state index in [1.54, 1.807) is 38.4 Å². The number of carbonyl (C=O) groups excluding carboxylic acids is 2. The molecule has 0 spiro atoms. The van der Waals surface area contributed by atoms with E-state index in [1.807, 2.05) is 0 Å². The molecule has 0 aliphatic carbocycles. The van der Waals surface area contributed by atoms with Crippen molar-refractivity contribution >= 4 is 23.4 Å². The van der Waals surface area contributed by atoms with Crippen LogP contribution in [0.25, 0.3) is 0 Å². The molecule has 0 fully saturated rings. The van der Waals surface area contributed by atoms with Crippen LogP contribution in [0.15, 0.2) is 24.3 Å². The number of benzene rings is 1. The topological polar surface area (TPSA) is 58.6 Å². The smallest absolute Gasteiger partial charge is 0.254 e. The van der Waals surface area contributed by atoms with Crippen LogP contribution in [0, 0.1) is 0 Å². The zero-order chi connectivity index (χ0) is 15.0. The zero-order valence-corrected chi connectivity index (χ0v) is 12.4. The van der Waals surface area contributed by atoms with Crippen LogP contribution in [-0.2, 0) is 15.4 Å². The first-order valence-electron chi connectivity index (χ1n) is 6.24. The summed E-state index contributed by atoms with van der Waals surface area (Å²) in [5.41, 5.74) is 1.48. The van der Waals surface area contributed by atoms with E-state index in [2.05, 4.69) is 5.32 Å². The van der Waals surface area contributed by atoms with Gasteiger partial charge < -0.3 is 15.0 Å². The largest absolute Gasteiger partial charge is 0.383 e. The van der Waals surface area contributed by atoms with Crippen molar-refractivity contribution < 1.29 is 14.3 Å². The minimum atomic E-state index is -0.213. The molecule has 110 valence electrons. The van der Waals surface area contributed by atoms with E-state index in [-0.39, 0.29) is 18.4 Å². The second-order valence-electron chi connectivity index (χ2n) is 4.33. The van der Waals surface area contributed by atoms with Crippen molar-refractivity contribution in [1.82, 2.24) is 10.2 Å². The molecule has 6 heteroatoms. The molecule has 0 saturated heterocycles. The Morgan fingerprint density at radius 1 is 1.30 bits per heavy atom. The minimum absolute atomic E-state index is 0.0137. The molecule has 1 rings (SSSR count). The van der Waals surface area contributed by atoms with Crippen LogP contribution in [0.1, 0.15) is 15.9 Å². The first kappa shape index (κ1) is 16.5. The number of alkyl halides is 1. The van der Waals surface area contributed by atoms with E-state index in [0.29, 0.717) is 24.6 Å². The number of likely N-dealkylation sites (N-methyl/N-ethyl adjacent to an activating group) is 1. The van der Waals surface area contributed by atoms with Crippen molar-refractivity contribution in [3.05, 3.63) is 35.4 Å². The fraction of sp³-hybridized carbons (Fsp3) is 0.429. The van der Waals surface area contributed by atoms with Crippen LogP contribution < -0.4 is 5.32 Å². The number of hydrogen-bond donors (Lipinski definition) is 1. The number of rotatable bonds is 7. The van der Waals surface area contributed by atoms with Crippen LogP contribution in [0.3, 0.4) is 0 Å². The fourth-order valence-electron chi connectivity index (χ4n) is 1.59. The maximum absolute atomic E-state index is 12.1. The molecule has 0 radical (unpaired) electrons. The van der Waals surface area contributed by atoms with Gasteiger partial charge in [0.1, 0.15) is 0 Å². The van der Waals surface area contributed by atoms with E-state index in [9.17, 15) is 9.59 Å². The number of nitrogens with one attached hydrogen (secondary N) is 1. The Balaban J connectivity index is 2.51. The Hall–Kier alpha value is -1.59. The van der Waals surface area contributed by atoms with Gasteiger partial charge in [0.05, 0.1) is 13.2 Å². The van der Waals surface area contributed by atoms with Gasteiger partial charge in [0.2, 0.25) is 5.91 Å². The first-order valence-corrected chi connectivity index (χ1v) is 6.78. The Morgan fingerprint density at radius 3 is 2.50 bits per heavy atom. The van der Waals surface area contributed by atoms with Crippen molar-refractivity contribution in [3.8, 4) is 0 Å². The van der Waals surface area contributed by atoms with Crippen molar-refractivity contribution in [3.63, 3.8) is 0 Å². The van der Waals surface area contributed by atoms with Crippen LogP contribution in [0.5, 0.6) is 0 Å². The van der Waals surface area contributed by atoms with Gasteiger partial charge in [-0.2, -0.15) is 0 Å². The van der Waals surface area contributed by atoms with Gasteiger partial charge in [-0.1, -0.05) is 12.1 Å². The average molecular weight is 299 g/mol. The molecule has 0 bridgehead atoms. The number of carbonyl (C=O) groups is 2. The van der Waals surface area contributed by atoms with Crippen LogP contribution in [0.2, 0.25) is 0 Å². The molecule has 2 amide bonds. The summed E-state index contributed by atoms with van der Waals surface area (Å²) < 4.78 is 4.83. The van der Waals surface area contributed by atoms with Crippen LogP contribution >= 0.6 is 11.6 Å². The zero-order valence-electron chi connectivity index (χ0n) is 11.7. The summed E-state index contributed by atoms with van der Waals surface area (Å²) in [5, 5.41) is 2.66. The maximum atomic E-state index is 12.1. The van der Waals surface area contributed by atoms with Gasteiger partial charge >= 0.3 is 0 Å². The molecule has 1 aromatic carbocycles. The van der Waals surface area contributed by atoms with E-state index in [4.69, 9.17) is 16.3 Å². The molecule has 0 heterocycles. The second-order valence-corrected chi connectivity index (χ2v) is 4.60. The quantitative estimate of drug-likeness (QED) is 0.609. The molecular weight excluding hydrogens is 280 g/mol. The highest BCUT2D eigenvalue weighted by atomic mass is 35.5. The Labute approximate surface area is 123 Å². The van der Waals surface area contributed by atoms with Gasteiger partial charge in [0, 0.05) is 32.1 Å². The number of hydrogen-bond acceptors (Lipinski definition) is 3. The normalized spacial score (nSPS) is 10.2. The van der Waals surface area contributed by atoms with Crippen molar-refractivity contribution in [1.29, 1.82) is 0 Å². The van der Waals surface area contributed by atoms with Gasteiger partial charge in [-0.05, 0) is 17.7 Å². The Bertz CT molecular complexity index is 448. The average Bonchev–Trinajstić information content (AvgIpc) is 2.46. The molecular formula is C14H19ClN2O3. The van der Waals surface area contributed by atoms with Crippen LogP contribution in [0.4, 0.5) is 0 Å². The molecule has 0 unspecified atom stereocenters. The van der Waals surface area contributed by atoms with Crippen molar-refractivity contribution in [2.75, 3.05) is 33.9 Å². The minimum Gasteiger partial charge on any atom is -0.383 e. The summed E-state index contributed by atoms with van der Waals surface area (Å²) in [4.78, 5) is 25.1. The summed E-state index contributed by atoms with van der Waals surface area (Å²) in [7, 11) is 3.15. The van der Waals surface area contributed by atoms with E-state index in [0.717, 1.165) is 5.56 Å². The molecule has 0 aliphatic heterocycles. The maximum Gasteiger partial charge on any atom is 0.254 e. The number of halogens is 1. The highest BCUT2D eigenvalue weighted by molar-refractivity contribution is 6.17. The highest BCUT2D eigenvalue weighted by Crippen LogP contribution is 2.08. The van der Waals surface area contributed by atoms with Crippen molar-refractivity contribution in [2.45, 2.75) is 5.88 Å². The summed E-state index contributed by atoms with van der Waals surface area (Å²) in [6, 6.07) is 7.01. The molecule has 1 N–H and O–H groups in total. The summed E-state index contributed by atoms with van der Waals surface area (Å²) in [6.07, 6.45) is 0. The third-order valence-corrected chi connectivity index (χ3v) is 3.02. The molecule has 0 aromatic heterocycles. The van der Waals surface area contributed by atoms with Gasteiger partial charge in [-0.3, -0.25) is 9.59 Å². The summed E-state index contributed by atoms with van der Waals surface area (Å²) >= 11 is 5.69. The summed E-state index contributed by atoms with van der Waals surface area (Å²) in [5.74, 6) is -0.00467.